The van der Waals surface area contributed by atoms with Crippen molar-refractivity contribution in [1.29, 1.82) is 0 Å². The number of carbonyl (C=O) groups excluding carboxylic acids is 2. The normalized spacial score (nSPS) is 19.0. The van der Waals surface area contributed by atoms with E-state index in [1.54, 1.807) is 0 Å². The summed E-state index contributed by atoms with van der Waals surface area (Å²) in [5.41, 5.74) is 5.87. The molecule has 2 aromatic rings. The smallest absolute Gasteiger partial charge is 0.255 e. The van der Waals surface area contributed by atoms with Crippen molar-refractivity contribution in [2.45, 2.75) is 25.2 Å². The van der Waals surface area contributed by atoms with Crippen LogP contribution in [0, 0.1) is 11.8 Å². The van der Waals surface area contributed by atoms with Gasteiger partial charge in [-0.15, -0.1) is 0 Å². The Bertz CT molecular complexity index is 1140. The number of carbonyl (C=O) groups is 2. The third-order valence-corrected chi connectivity index (χ3v) is 7.47. The first-order chi connectivity index (χ1) is 15.6. The molecule has 1 saturated heterocycles. The van der Waals surface area contributed by atoms with Crippen molar-refractivity contribution in [2.75, 3.05) is 32.6 Å². The van der Waals surface area contributed by atoms with Crippen LogP contribution in [-0.2, 0) is 10.0 Å². The minimum Gasteiger partial charge on any atom is -0.493 e. The first-order valence-electron chi connectivity index (χ1n) is 10.5. The molecular weight excluding hydrogens is 446 g/mol. The van der Waals surface area contributed by atoms with Gasteiger partial charge in [-0.2, -0.15) is 4.31 Å². The van der Waals surface area contributed by atoms with Gasteiger partial charge in [0.15, 0.2) is 11.5 Å². The Morgan fingerprint density at radius 2 is 1.55 bits per heavy atom. The molecule has 3 rings (SSSR count). The van der Waals surface area contributed by atoms with Crippen LogP contribution in [0.5, 0.6) is 11.5 Å². The Kier molecular flexibility index (Phi) is 7.28. The summed E-state index contributed by atoms with van der Waals surface area (Å²) in [5, 5.41) is 2.63. The maximum atomic E-state index is 13.0. The number of benzene rings is 2. The predicted octanol–water partition coefficient (Wildman–Crippen LogP) is 2.72. The topological polar surface area (TPSA) is 128 Å². The van der Waals surface area contributed by atoms with Crippen molar-refractivity contribution >= 4 is 27.5 Å². The highest BCUT2D eigenvalue weighted by Crippen LogP contribution is 2.33. The van der Waals surface area contributed by atoms with Gasteiger partial charge in [0, 0.05) is 24.7 Å². The zero-order valence-corrected chi connectivity index (χ0v) is 19.9. The van der Waals surface area contributed by atoms with Crippen LogP contribution in [0.1, 0.15) is 41.0 Å². The molecule has 2 aromatic carbocycles. The van der Waals surface area contributed by atoms with Gasteiger partial charge in [-0.25, -0.2) is 8.42 Å². The summed E-state index contributed by atoms with van der Waals surface area (Å²) in [6.07, 6.45) is 0.995. The van der Waals surface area contributed by atoms with Crippen LogP contribution < -0.4 is 20.5 Å². The van der Waals surface area contributed by atoms with Crippen molar-refractivity contribution < 1.29 is 27.5 Å². The second kappa shape index (κ2) is 9.80. The zero-order chi connectivity index (χ0) is 24.3. The highest BCUT2D eigenvalue weighted by Gasteiger charge is 2.31. The quantitative estimate of drug-likeness (QED) is 0.634. The van der Waals surface area contributed by atoms with Gasteiger partial charge >= 0.3 is 0 Å². The molecule has 178 valence electrons. The number of ether oxygens (including phenoxy) is 2. The monoisotopic (exact) mass is 475 g/mol. The van der Waals surface area contributed by atoms with E-state index in [1.807, 2.05) is 13.8 Å². The van der Waals surface area contributed by atoms with Gasteiger partial charge in [0.1, 0.15) is 0 Å². The second-order valence-electron chi connectivity index (χ2n) is 8.36. The Balaban J connectivity index is 1.83. The average Bonchev–Trinajstić information content (AvgIpc) is 2.77. The molecule has 2 unspecified atom stereocenters. The van der Waals surface area contributed by atoms with Gasteiger partial charge in [0.25, 0.3) is 11.8 Å². The number of piperidine rings is 1. The Labute approximate surface area is 193 Å². The Hall–Kier alpha value is -3.11. The first-order valence-corrected chi connectivity index (χ1v) is 12.0. The fourth-order valence-corrected chi connectivity index (χ4v) is 5.79. The summed E-state index contributed by atoms with van der Waals surface area (Å²) in [6.45, 7) is 5.04. The van der Waals surface area contributed by atoms with Crippen LogP contribution >= 0.6 is 0 Å². The highest BCUT2D eigenvalue weighted by atomic mass is 32.2. The molecule has 1 heterocycles. The van der Waals surface area contributed by atoms with Crippen LogP contribution in [0.4, 0.5) is 5.69 Å². The molecule has 1 aliphatic heterocycles. The Morgan fingerprint density at radius 1 is 1.00 bits per heavy atom. The fraction of sp³-hybridized carbons (Fsp3) is 0.391. The van der Waals surface area contributed by atoms with Crippen LogP contribution in [0.3, 0.4) is 0 Å². The SMILES string of the molecule is COc1cc(NC(=O)c2ccc(S(=O)(=O)N3CC(C)CC(C)C3)cc2)c(C(N)=O)cc1OC. The standard InChI is InChI=1S/C23H29N3O6S/c1-14-9-15(2)13-26(12-14)33(29,30)17-7-5-16(6-8-17)23(28)25-19-11-21(32-4)20(31-3)10-18(19)22(24)27/h5-8,10-11,14-15H,9,12-13H2,1-4H3,(H2,24,27)(H,25,28). The largest absolute Gasteiger partial charge is 0.493 e. The molecule has 0 bridgehead atoms. The number of hydrogen-bond acceptors (Lipinski definition) is 6. The molecular formula is C23H29N3O6S. The minimum atomic E-state index is -3.65. The maximum absolute atomic E-state index is 13.0. The lowest BCUT2D eigenvalue weighted by molar-refractivity contribution is 0.100. The van der Waals surface area contributed by atoms with Gasteiger partial charge in [-0.3, -0.25) is 9.59 Å². The van der Waals surface area contributed by atoms with E-state index >= 15 is 0 Å². The van der Waals surface area contributed by atoms with Crippen LogP contribution in [0.15, 0.2) is 41.3 Å². The third kappa shape index (κ3) is 5.28. The fourth-order valence-electron chi connectivity index (χ4n) is 4.11. The van der Waals surface area contributed by atoms with Crippen LogP contribution in [0.25, 0.3) is 0 Å². The van der Waals surface area contributed by atoms with E-state index in [-0.39, 0.29) is 33.5 Å². The van der Waals surface area contributed by atoms with Crippen LogP contribution in [0.2, 0.25) is 0 Å². The number of anilines is 1. The number of nitrogens with zero attached hydrogens (tertiary/aromatic N) is 1. The number of sulfonamides is 1. The van der Waals surface area contributed by atoms with Gasteiger partial charge in [0.05, 0.1) is 30.4 Å². The lowest BCUT2D eigenvalue weighted by Gasteiger charge is -2.34. The summed E-state index contributed by atoms with van der Waals surface area (Å²) in [7, 11) is -0.809. The number of primary amides is 1. The molecule has 0 aromatic heterocycles. The minimum absolute atomic E-state index is 0.0496. The molecule has 1 fully saturated rings. The van der Waals surface area contributed by atoms with E-state index in [1.165, 1.54) is 54.9 Å². The maximum Gasteiger partial charge on any atom is 0.255 e. The number of hydrogen-bond donors (Lipinski definition) is 2. The first kappa shape index (κ1) is 24.5. The molecule has 0 saturated carbocycles. The molecule has 33 heavy (non-hydrogen) atoms. The second-order valence-corrected chi connectivity index (χ2v) is 10.3. The van der Waals surface area contributed by atoms with E-state index in [0.717, 1.165) is 6.42 Å². The third-order valence-electron chi connectivity index (χ3n) is 5.63. The Morgan fingerprint density at radius 3 is 2.06 bits per heavy atom. The van der Waals surface area contributed by atoms with E-state index in [2.05, 4.69) is 5.32 Å². The summed E-state index contributed by atoms with van der Waals surface area (Å²) < 4.78 is 38.0. The van der Waals surface area contributed by atoms with Crippen molar-refractivity contribution in [3.05, 3.63) is 47.5 Å². The lowest BCUT2D eigenvalue weighted by atomic mass is 9.94. The molecule has 9 nitrogen and oxygen atoms in total. The van der Waals surface area contributed by atoms with E-state index < -0.39 is 21.8 Å². The van der Waals surface area contributed by atoms with Gasteiger partial charge in [-0.05, 0) is 48.6 Å². The molecule has 0 radical (unpaired) electrons. The van der Waals surface area contributed by atoms with Gasteiger partial charge in [0.2, 0.25) is 10.0 Å². The number of nitrogens with one attached hydrogen (secondary N) is 1. The summed E-state index contributed by atoms with van der Waals surface area (Å²) in [6, 6.07) is 8.52. The number of methoxy groups -OCH3 is 2. The molecule has 0 spiro atoms. The molecule has 2 amide bonds. The van der Waals surface area contributed by atoms with E-state index in [4.69, 9.17) is 15.2 Å². The van der Waals surface area contributed by atoms with Crippen molar-refractivity contribution in [1.82, 2.24) is 4.31 Å². The molecule has 2 atom stereocenters. The summed E-state index contributed by atoms with van der Waals surface area (Å²) >= 11 is 0. The number of amides is 2. The summed E-state index contributed by atoms with van der Waals surface area (Å²) in [4.78, 5) is 24.8. The van der Waals surface area contributed by atoms with Gasteiger partial charge in [-0.1, -0.05) is 13.8 Å². The van der Waals surface area contributed by atoms with Crippen LogP contribution in [-0.4, -0.2) is 51.8 Å². The number of nitrogens with two attached hydrogens (primary N) is 1. The highest BCUT2D eigenvalue weighted by molar-refractivity contribution is 7.89. The van der Waals surface area contributed by atoms with Crippen molar-refractivity contribution in [3.63, 3.8) is 0 Å². The van der Waals surface area contributed by atoms with Gasteiger partial charge < -0.3 is 20.5 Å². The predicted molar refractivity (Wildman–Crippen MR) is 124 cm³/mol. The molecule has 3 N–H and O–H groups in total. The van der Waals surface area contributed by atoms with E-state index in [0.29, 0.717) is 24.6 Å². The van der Waals surface area contributed by atoms with Crippen molar-refractivity contribution in [3.8, 4) is 11.5 Å². The van der Waals surface area contributed by atoms with Crippen molar-refractivity contribution in [2.24, 2.45) is 17.6 Å². The average molecular weight is 476 g/mol. The molecule has 1 aliphatic rings. The zero-order valence-electron chi connectivity index (χ0n) is 19.1. The number of rotatable bonds is 7. The molecule has 10 heteroatoms. The lowest BCUT2D eigenvalue weighted by Crippen LogP contribution is -2.42. The summed E-state index contributed by atoms with van der Waals surface area (Å²) in [5.74, 6) is -0.111. The van der Waals surface area contributed by atoms with E-state index in [9.17, 15) is 18.0 Å². The molecule has 0 aliphatic carbocycles.